The first-order chi connectivity index (χ1) is 9.02. The molecule has 0 saturated heterocycles. The predicted molar refractivity (Wildman–Crippen MR) is 80.1 cm³/mol. The summed E-state index contributed by atoms with van der Waals surface area (Å²) in [6.07, 6.45) is 0. The SMILES string of the molecule is COCCN(C)Cc1nc(Cl)c2c(C)c(C)sc2n1. The number of aromatic nitrogens is 2. The van der Waals surface area contributed by atoms with Gasteiger partial charge in [0.15, 0.2) is 0 Å². The zero-order valence-electron chi connectivity index (χ0n) is 11.7. The van der Waals surface area contributed by atoms with E-state index in [4.69, 9.17) is 16.3 Å². The molecule has 0 aliphatic heterocycles. The van der Waals surface area contributed by atoms with E-state index < -0.39 is 0 Å². The van der Waals surface area contributed by atoms with Gasteiger partial charge in [0, 0.05) is 18.5 Å². The first-order valence-corrected chi connectivity index (χ1v) is 7.32. The second-order valence-electron chi connectivity index (χ2n) is 4.62. The third kappa shape index (κ3) is 3.23. The van der Waals surface area contributed by atoms with E-state index in [2.05, 4.69) is 28.7 Å². The van der Waals surface area contributed by atoms with Gasteiger partial charge in [-0.25, -0.2) is 9.97 Å². The maximum Gasteiger partial charge on any atom is 0.145 e. The van der Waals surface area contributed by atoms with E-state index in [9.17, 15) is 0 Å². The Labute approximate surface area is 122 Å². The summed E-state index contributed by atoms with van der Waals surface area (Å²) in [5.74, 6) is 0.761. The van der Waals surface area contributed by atoms with E-state index in [0.717, 1.165) is 22.6 Å². The van der Waals surface area contributed by atoms with Gasteiger partial charge in [-0.15, -0.1) is 11.3 Å². The number of fused-ring (bicyclic) bond motifs is 1. The molecule has 0 N–H and O–H groups in total. The third-order valence-electron chi connectivity index (χ3n) is 3.12. The molecule has 0 amide bonds. The minimum atomic E-state index is 0.557. The molecule has 104 valence electrons. The third-order valence-corrected chi connectivity index (χ3v) is 4.49. The molecular weight excluding hydrogens is 282 g/mol. The molecule has 2 aromatic heterocycles. The smallest absolute Gasteiger partial charge is 0.145 e. The molecule has 0 aromatic carbocycles. The van der Waals surface area contributed by atoms with Crippen molar-refractivity contribution in [3.8, 4) is 0 Å². The topological polar surface area (TPSA) is 38.2 Å². The number of methoxy groups -OCH3 is 1. The van der Waals surface area contributed by atoms with Gasteiger partial charge in [0.2, 0.25) is 0 Å². The maximum absolute atomic E-state index is 6.28. The van der Waals surface area contributed by atoms with Crippen molar-refractivity contribution in [1.29, 1.82) is 0 Å². The van der Waals surface area contributed by atoms with E-state index in [1.165, 1.54) is 10.4 Å². The zero-order valence-corrected chi connectivity index (χ0v) is 13.2. The standard InChI is InChI=1S/C13H18ClN3OS/c1-8-9(2)19-13-11(8)12(14)15-10(16-13)7-17(3)5-6-18-4/h5-7H2,1-4H3. The summed E-state index contributed by atoms with van der Waals surface area (Å²) < 4.78 is 5.06. The maximum atomic E-state index is 6.28. The summed E-state index contributed by atoms with van der Waals surface area (Å²) in [4.78, 5) is 13.4. The molecule has 0 fully saturated rings. The molecule has 19 heavy (non-hydrogen) atoms. The Balaban J connectivity index is 2.26. The van der Waals surface area contributed by atoms with E-state index in [1.807, 2.05) is 7.05 Å². The van der Waals surface area contributed by atoms with E-state index in [1.54, 1.807) is 18.4 Å². The molecule has 2 aromatic rings. The number of thiophene rings is 1. The highest BCUT2D eigenvalue weighted by Gasteiger charge is 2.13. The lowest BCUT2D eigenvalue weighted by molar-refractivity contribution is 0.157. The van der Waals surface area contributed by atoms with Gasteiger partial charge in [-0.1, -0.05) is 11.6 Å². The number of rotatable bonds is 5. The number of hydrogen-bond acceptors (Lipinski definition) is 5. The van der Waals surface area contributed by atoms with Crippen molar-refractivity contribution in [2.24, 2.45) is 0 Å². The largest absolute Gasteiger partial charge is 0.383 e. The number of likely N-dealkylation sites (N-methyl/N-ethyl adjacent to an activating group) is 1. The monoisotopic (exact) mass is 299 g/mol. The molecule has 0 aliphatic rings. The first-order valence-electron chi connectivity index (χ1n) is 6.12. The summed E-state index contributed by atoms with van der Waals surface area (Å²) in [7, 11) is 3.72. The van der Waals surface area contributed by atoms with E-state index in [-0.39, 0.29) is 0 Å². The van der Waals surface area contributed by atoms with Crippen LogP contribution in [-0.2, 0) is 11.3 Å². The second-order valence-corrected chi connectivity index (χ2v) is 6.19. The van der Waals surface area contributed by atoms with Gasteiger partial charge in [0.1, 0.15) is 15.8 Å². The second kappa shape index (κ2) is 6.13. The lowest BCUT2D eigenvalue weighted by Crippen LogP contribution is -2.23. The van der Waals surface area contributed by atoms with Crippen LogP contribution >= 0.6 is 22.9 Å². The summed E-state index contributed by atoms with van der Waals surface area (Å²) in [6, 6.07) is 0. The van der Waals surface area contributed by atoms with Crippen molar-refractivity contribution in [2.45, 2.75) is 20.4 Å². The Morgan fingerprint density at radius 3 is 2.74 bits per heavy atom. The van der Waals surface area contributed by atoms with Crippen LogP contribution in [0.25, 0.3) is 10.2 Å². The normalized spacial score (nSPS) is 11.7. The highest BCUT2D eigenvalue weighted by atomic mass is 35.5. The molecule has 0 aliphatic carbocycles. The van der Waals surface area contributed by atoms with Crippen molar-refractivity contribution in [1.82, 2.24) is 14.9 Å². The number of nitrogens with zero attached hydrogens (tertiary/aromatic N) is 3. The first kappa shape index (κ1) is 14.7. The van der Waals surface area contributed by atoms with Crippen molar-refractivity contribution in [3.05, 3.63) is 21.4 Å². The Kier molecular flexibility index (Phi) is 4.73. The van der Waals surface area contributed by atoms with Gasteiger partial charge in [0.05, 0.1) is 18.5 Å². The zero-order chi connectivity index (χ0) is 14.0. The van der Waals surface area contributed by atoms with Crippen LogP contribution in [0, 0.1) is 13.8 Å². The molecule has 2 rings (SSSR count). The van der Waals surface area contributed by atoms with Gasteiger partial charge in [-0.05, 0) is 26.5 Å². The van der Waals surface area contributed by atoms with Crippen LogP contribution in [0.15, 0.2) is 0 Å². The van der Waals surface area contributed by atoms with Gasteiger partial charge >= 0.3 is 0 Å². The summed E-state index contributed by atoms with van der Waals surface area (Å²) in [5.41, 5.74) is 1.18. The van der Waals surface area contributed by atoms with Gasteiger partial charge in [-0.3, -0.25) is 4.90 Å². The fourth-order valence-electron chi connectivity index (χ4n) is 1.88. The minimum absolute atomic E-state index is 0.557. The van der Waals surface area contributed by atoms with E-state index >= 15 is 0 Å². The van der Waals surface area contributed by atoms with Crippen molar-refractivity contribution >= 4 is 33.2 Å². The lowest BCUT2D eigenvalue weighted by atomic mass is 10.2. The number of aryl methyl sites for hydroxylation is 2. The molecule has 0 radical (unpaired) electrons. The highest BCUT2D eigenvalue weighted by molar-refractivity contribution is 7.18. The van der Waals surface area contributed by atoms with Crippen LogP contribution in [-0.4, -0.2) is 42.2 Å². The summed E-state index contributed by atoms with van der Waals surface area (Å²) in [5, 5.41) is 1.55. The average Bonchev–Trinajstić information content (AvgIpc) is 2.62. The molecule has 0 atom stereocenters. The molecule has 0 spiro atoms. The van der Waals surface area contributed by atoms with Crippen LogP contribution in [0.5, 0.6) is 0 Å². The van der Waals surface area contributed by atoms with Gasteiger partial charge in [-0.2, -0.15) is 0 Å². The fourth-order valence-corrected chi connectivity index (χ4v) is 3.31. The molecule has 2 heterocycles. The number of halogens is 1. The van der Waals surface area contributed by atoms with Gasteiger partial charge < -0.3 is 4.74 Å². The predicted octanol–water partition coefficient (Wildman–Crippen LogP) is 3.04. The fraction of sp³-hybridized carbons (Fsp3) is 0.538. The number of ether oxygens (including phenoxy) is 1. The molecule has 0 bridgehead atoms. The Bertz CT molecular complexity index is 585. The average molecular weight is 300 g/mol. The van der Waals surface area contributed by atoms with Crippen LogP contribution in [0.3, 0.4) is 0 Å². The van der Waals surface area contributed by atoms with Crippen LogP contribution in [0.1, 0.15) is 16.3 Å². The molecule has 0 saturated carbocycles. The Morgan fingerprint density at radius 2 is 2.05 bits per heavy atom. The van der Waals surface area contributed by atoms with Crippen molar-refractivity contribution in [3.63, 3.8) is 0 Å². The summed E-state index contributed by atoms with van der Waals surface area (Å²) >= 11 is 7.95. The lowest BCUT2D eigenvalue weighted by Gasteiger charge is -2.14. The van der Waals surface area contributed by atoms with E-state index in [0.29, 0.717) is 18.3 Å². The molecule has 0 unspecified atom stereocenters. The van der Waals surface area contributed by atoms with Gasteiger partial charge in [0.25, 0.3) is 0 Å². The van der Waals surface area contributed by atoms with Crippen LogP contribution in [0.4, 0.5) is 0 Å². The Morgan fingerprint density at radius 1 is 1.32 bits per heavy atom. The number of hydrogen-bond donors (Lipinski definition) is 0. The van der Waals surface area contributed by atoms with Crippen LogP contribution in [0.2, 0.25) is 5.15 Å². The summed E-state index contributed by atoms with van der Waals surface area (Å²) in [6.45, 7) is 6.37. The molecule has 6 heteroatoms. The quantitative estimate of drug-likeness (QED) is 0.796. The molecular formula is C13H18ClN3OS. The highest BCUT2D eigenvalue weighted by Crippen LogP contribution is 2.32. The van der Waals surface area contributed by atoms with Crippen LogP contribution < -0.4 is 0 Å². The Hall–Kier alpha value is -0.750. The minimum Gasteiger partial charge on any atom is -0.383 e. The van der Waals surface area contributed by atoms with Crippen molar-refractivity contribution in [2.75, 3.05) is 27.3 Å². The molecule has 4 nitrogen and oxygen atoms in total. The van der Waals surface area contributed by atoms with Crippen molar-refractivity contribution < 1.29 is 4.74 Å².